The maximum Gasteiger partial charge on any atom is 0.225 e. The molecule has 1 saturated heterocycles. The van der Waals surface area contributed by atoms with Crippen molar-refractivity contribution >= 4 is 35.8 Å². The van der Waals surface area contributed by atoms with Crippen LogP contribution < -0.4 is 10.6 Å². The minimum Gasteiger partial charge on any atom is -0.508 e. The maximum absolute atomic E-state index is 12.1. The van der Waals surface area contributed by atoms with Gasteiger partial charge >= 0.3 is 0 Å². The number of likely N-dealkylation sites (tertiary alicyclic amines) is 1. The van der Waals surface area contributed by atoms with Crippen LogP contribution in [-0.2, 0) is 11.2 Å². The van der Waals surface area contributed by atoms with Crippen molar-refractivity contribution < 1.29 is 9.90 Å². The molecule has 6 nitrogen and oxygen atoms in total. The summed E-state index contributed by atoms with van der Waals surface area (Å²) >= 11 is 0. The van der Waals surface area contributed by atoms with Gasteiger partial charge in [0, 0.05) is 38.1 Å². The number of rotatable bonds is 6. The van der Waals surface area contributed by atoms with E-state index >= 15 is 0 Å². The largest absolute Gasteiger partial charge is 0.508 e. The number of aromatic hydroxyl groups is 1. The Morgan fingerprint density at radius 1 is 1.33 bits per heavy atom. The third-order valence-electron chi connectivity index (χ3n) is 4.57. The highest BCUT2D eigenvalue weighted by Crippen LogP contribution is 2.14. The third kappa shape index (κ3) is 7.94. The second-order valence-corrected chi connectivity index (χ2v) is 7.08. The smallest absolute Gasteiger partial charge is 0.225 e. The van der Waals surface area contributed by atoms with Crippen LogP contribution in [0, 0.1) is 5.92 Å². The number of nitrogens with zero attached hydrogens (tertiary/aromatic N) is 2. The predicted octanol–water partition coefficient (Wildman–Crippen LogP) is 2.75. The molecule has 0 spiro atoms. The van der Waals surface area contributed by atoms with Crippen LogP contribution in [0.2, 0.25) is 0 Å². The number of amides is 1. The average molecular weight is 488 g/mol. The topological polar surface area (TPSA) is 77.0 Å². The Bertz CT molecular complexity index is 614. The van der Waals surface area contributed by atoms with Crippen LogP contribution in [-0.4, -0.2) is 54.1 Å². The number of nitrogens with one attached hydrogen (secondary N) is 2. The van der Waals surface area contributed by atoms with Gasteiger partial charge in [-0.25, -0.2) is 0 Å². The van der Waals surface area contributed by atoms with Crippen LogP contribution in [0.25, 0.3) is 0 Å². The molecule has 1 aromatic carbocycles. The number of guanidine groups is 1. The molecule has 0 saturated carbocycles. The fraction of sp³-hybridized carbons (Fsp3) is 0.600. The number of aliphatic imine (C=N–C) groups is 1. The Balaban J connectivity index is 0.00000364. The summed E-state index contributed by atoms with van der Waals surface area (Å²) in [5, 5.41) is 16.3. The van der Waals surface area contributed by atoms with Gasteiger partial charge in [0.15, 0.2) is 5.96 Å². The van der Waals surface area contributed by atoms with Gasteiger partial charge in [-0.3, -0.25) is 9.79 Å². The molecule has 0 aromatic heterocycles. The highest BCUT2D eigenvalue weighted by Gasteiger charge is 2.24. The Hall–Kier alpha value is -1.51. The Labute approximate surface area is 179 Å². The van der Waals surface area contributed by atoms with Crippen molar-refractivity contribution in [2.75, 3.05) is 26.2 Å². The Kier molecular flexibility index (Phi) is 10.5. The lowest BCUT2D eigenvalue weighted by Gasteiger charge is -2.34. The minimum atomic E-state index is 0. The molecule has 1 aliphatic heterocycles. The first-order valence-electron chi connectivity index (χ1n) is 9.61. The summed E-state index contributed by atoms with van der Waals surface area (Å²) in [6.07, 6.45) is 2.66. The van der Waals surface area contributed by atoms with Crippen LogP contribution in [0.4, 0.5) is 0 Å². The summed E-state index contributed by atoms with van der Waals surface area (Å²) in [6.45, 7) is 9.03. The summed E-state index contributed by atoms with van der Waals surface area (Å²) in [4.78, 5) is 18.7. The first-order chi connectivity index (χ1) is 12.5. The fourth-order valence-corrected chi connectivity index (χ4v) is 3.13. The molecule has 3 N–H and O–H groups in total. The van der Waals surface area contributed by atoms with Gasteiger partial charge in [-0.15, -0.1) is 24.0 Å². The number of phenols is 1. The number of halogens is 1. The number of hydrogen-bond donors (Lipinski definition) is 3. The van der Waals surface area contributed by atoms with E-state index in [4.69, 9.17) is 0 Å². The van der Waals surface area contributed by atoms with Crippen molar-refractivity contribution in [1.82, 2.24) is 15.5 Å². The molecule has 0 radical (unpaired) electrons. The van der Waals surface area contributed by atoms with Crippen molar-refractivity contribution in [3.8, 4) is 5.75 Å². The molecule has 1 amide bonds. The van der Waals surface area contributed by atoms with Crippen LogP contribution >= 0.6 is 24.0 Å². The van der Waals surface area contributed by atoms with Gasteiger partial charge in [-0.05, 0) is 43.9 Å². The van der Waals surface area contributed by atoms with Crippen molar-refractivity contribution in [3.63, 3.8) is 0 Å². The molecule has 1 aromatic rings. The van der Waals surface area contributed by atoms with Gasteiger partial charge in [0.2, 0.25) is 5.91 Å². The van der Waals surface area contributed by atoms with Crippen LogP contribution in [0.1, 0.15) is 39.2 Å². The quantitative estimate of drug-likeness (QED) is 0.327. The van der Waals surface area contributed by atoms with E-state index in [0.29, 0.717) is 18.3 Å². The summed E-state index contributed by atoms with van der Waals surface area (Å²) < 4.78 is 0. The zero-order valence-electron chi connectivity index (χ0n) is 16.6. The van der Waals surface area contributed by atoms with Crippen LogP contribution in [0.15, 0.2) is 29.3 Å². The Morgan fingerprint density at radius 2 is 2.04 bits per heavy atom. The molecule has 7 heteroatoms. The molecule has 1 fully saturated rings. The summed E-state index contributed by atoms with van der Waals surface area (Å²) in [6, 6.07) is 7.64. The van der Waals surface area contributed by atoms with Gasteiger partial charge in [0.1, 0.15) is 5.75 Å². The lowest BCUT2D eigenvalue weighted by Crippen LogP contribution is -2.50. The third-order valence-corrected chi connectivity index (χ3v) is 4.57. The molecule has 0 bridgehead atoms. The van der Waals surface area contributed by atoms with Gasteiger partial charge in [-0.2, -0.15) is 0 Å². The first-order valence-corrected chi connectivity index (χ1v) is 9.61. The van der Waals surface area contributed by atoms with Crippen LogP contribution in [0.5, 0.6) is 5.75 Å². The number of benzene rings is 1. The summed E-state index contributed by atoms with van der Waals surface area (Å²) in [5.41, 5.74) is 1.07. The molecule has 27 heavy (non-hydrogen) atoms. The number of phenolic OH excluding ortho intramolecular Hbond substituents is 1. The van der Waals surface area contributed by atoms with E-state index in [1.165, 1.54) is 0 Å². The van der Waals surface area contributed by atoms with Gasteiger partial charge in [-0.1, -0.05) is 26.0 Å². The van der Waals surface area contributed by atoms with Crippen molar-refractivity contribution in [3.05, 3.63) is 29.8 Å². The predicted molar refractivity (Wildman–Crippen MR) is 121 cm³/mol. The van der Waals surface area contributed by atoms with Gasteiger partial charge < -0.3 is 20.6 Å². The highest BCUT2D eigenvalue weighted by molar-refractivity contribution is 14.0. The van der Waals surface area contributed by atoms with E-state index in [2.05, 4.69) is 22.5 Å². The molecular weight excluding hydrogens is 455 g/mol. The van der Waals surface area contributed by atoms with Gasteiger partial charge in [0.05, 0.1) is 0 Å². The molecule has 152 valence electrons. The Morgan fingerprint density at radius 3 is 2.63 bits per heavy atom. The SMILES string of the molecule is CCNC(=NCCc1cccc(O)c1)NC1CCN(C(=O)C(C)C)CC1.I. The lowest BCUT2D eigenvalue weighted by molar-refractivity contribution is -0.135. The van der Waals surface area contributed by atoms with E-state index in [0.717, 1.165) is 50.4 Å². The van der Waals surface area contributed by atoms with E-state index < -0.39 is 0 Å². The zero-order chi connectivity index (χ0) is 18.9. The zero-order valence-corrected chi connectivity index (χ0v) is 18.9. The number of hydrogen-bond acceptors (Lipinski definition) is 3. The van der Waals surface area contributed by atoms with E-state index in [9.17, 15) is 9.90 Å². The van der Waals surface area contributed by atoms with Gasteiger partial charge in [0.25, 0.3) is 0 Å². The molecule has 1 heterocycles. The highest BCUT2D eigenvalue weighted by atomic mass is 127. The molecule has 0 aliphatic carbocycles. The van der Waals surface area contributed by atoms with E-state index in [-0.39, 0.29) is 35.8 Å². The lowest BCUT2D eigenvalue weighted by atomic mass is 10.0. The number of piperidine rings is 1. The number of carbonyl (C=O) groups is 1. The molecule has 2 rings (SSSR count). The fourth-order valence-electron chi connectivity index (χ4n) is 3.13. The molecule has 0 atom stereocenters. The number of carbonyl (C=O) groups excluding carboxylic acids is 1. The standard InChI is InChI=1S/C20H32N4O2.HI/c1-4-21-20(22-11-8-16-6-5-7-18(25)14-16)23-17-9-12-24(13-10-17)19(26)15(2)3;/h5-7,14-15,17,25H,4,8-13H2,1-3H3,(H2,21,22,23);1H. The molecule has 0 unspecified atom stereocenters. The van der Waals surface area contributed by atoms with Crippen molar-refractivity contribution in [2.24, 2.45) is 10.9 Å². The second-order valence-electron chi connectivity index (χ2n) is 7.08. The summed E-state index contributed by atoms with van der Waals surface area (Å²) in [7, 11) is 0. The van der Waals surface area contributed by atoms with Crippen molar-refractivity contribution in [2.45, 2.75) is 46.1 Å². The van der Waals surface area contributed by atoms with Crippen molar-refractivity contribution in [1.29, 1.82) is 0 Å². The normalized spacial score (nSPS) is 15.4. The maximum atomic E-state index is 12.1. The molecular formula is C20H33IN4O2. The monoisotopic (exact) mass is 488 g/mol. The van der Waals surface area contributed by atoms with Crippen LogP contribution in [0.3, 0.4) is 0 Å². The molecule has 1 aliphatic rings. The van der Waals surface area contributed by atoms with E-state index in [1.54, 1.807) is 12.1 Å². The average Bonchev–Trinajstić information content (AvgIpc) is 2.62. The minimum absolute atomic E-state index is 0. The first kappa shape index (κ1) is 23.5. The van der Waals surface area contributed by atoms with E-state index in [1.807, 2.05) is 30.9 Å². The second kappa shape index (κ2) is 12.0. The summed E-state index contributed by atoms with van der Waals surface area (Å²) in [5.74, 6) is 1.42.